The molecular weight excluding hydrogens is 264 g/mol. The van der Waals surface area contributed by atoms with Crippen LogP contribution in [0.1, 0.15) is 44.7 Å². The third-order valence-corrected chi connectivity index (χ3v) is 4.57. The Morgan fingerprint density at radius 3 is 2.71 bits per heavy atom. The van der Waals surface area contributed by atoms with Gasteiger partial charge in [-0.3, -0.25) is 0 Å². The van der Waals surface area contributed by atoms with Crippen LogP contribution in [0.2, 0.25) is 0 Å². The molecule has 1 aromatic rings. The van der Waals surface area contributed by atoms with Crippen molar-refractivity contribution < 1.29 is 9.47 Å². The quantitative estimate of drug-likeness (QED) is 0.910. The van der Waals surface area contributed by atoms with Crippen molar-refractivity contribution in [2.24, 2.45) is 5.73 Å². The first-order chi connectivity index (χ1) is 9.97. The Morgan fingerprint density at radius 1 is 1.33 bits per heavy atom. The Bertz CT molecular complexity index is 508. The maximum absolute atomic E-state index is 6.44. The van der Waals surface area contributed by atoms with Crippen LogP contribution in [0.15, 0.2) is 18.2 Å². The smallest absolute Gasteiger partial charge is 0.125 e. The van der Waals surface area contributed by atoms with Gasteiger partial charge in [0.05, 0.1) is 6.10 Å². The molecule has 1 spiro atoms. The number of benzene rings is 1. The van der Waals surface area contributed by atoms with Gasteiger partial charge in [0.15, 0.2) is 0 Å². The van der Waals surface area contributed by atoms with Gasteiger partial charge in [0.1, 0.15) is 17.1 Å². The molecule has 3 rings (SSSR count). The highest BCUT2D eigenvalue weighted by Gasteiger charge is 2.41. The molecule has 1 atom stereocenters. The largest absolute Gasteiger partial charge is 0.491 e. The molecule has 2 aliphatic heterocycles. The van der Waals surface area contributed by atoms with Crippen LogP contribution in [0, 0.1) is 0 Å². The zero-order valence-corrected chi connectivity index (χ0v) is 13.3. The summed E-state index contributed by atoms with van der Waals surface area (Å²) in [4.78, 5) is 2.36. The lowest BCUT2D eigenvalue weighted by molar-refractivity contribution is -0.0165. The maximum atomic E-state index is 6.44. The Balaban J connectivity index is 1.83. The molecule has 2 aliphatic rings. The number of likely N-dealkylation sites (tertiary alicyclic amines) is 1. The molecule has 0 saturated carbocycles. The number of hydrogen-bond donors (Lipinski definition) is 1. The highest BCUT2D eigenvalue weighted by Crippen LogP contribution is 2.44. The topological polar surface area (TPSA) is 47.7 Å². The monoisotopic (exact) mass is 290 g/mol. The number of rotatable bonds is 2. The zero-order valence-electron chi connectivity index (χ0n) is 13.3. The van der Waals surface area contributed by atoms with E-state index in [9.17, 15) is 0 Å². The molecule has 1 aromatic carbocycles. The van der Waals surface area contributed by atoms with Crippen molar-refractivity contribution in [3.8, 4) is 11.5 Å². The first-order valence-electron chi connectivity index (χ1n) is 7.91. The van der Waals surface area contributed by atoms with Crippen LogP contribution in [0.25, 0.3) is 0 Å². The van der Waals surface area contributed by atoms with Crippen molar-refractivity contribution in [3.63, 3.8) is 0 Å². The number of fused-ring (bicyclic) bond motifs is 1. The fraction of sp³-hybridized carbons (Fsp3) is 0.647. The van der Waals surface area contributed by atoms with Crippen molar-refractivity contribution in [2.45, 2.75) is 50.9 Å². The summed E-state index contributed by atoms with van der Waals surface area (Å²) in [6.45, 7) is 6.22. The van der Waals surface area contributed by atoms with Crippen LogP contribution >= 0.6 is 0 Å². The summed E-state index contributed by atoms with van der Waals surface area (Å²) in [5, 5.41) is 0. The first-order valence-corrected chi connectivity index (χ1v) is 7.91. The normalized spacial score (nSPS) is 24.7. The highest BCUT2D eigenvalue weighted by atomic mass is 16.5. The minimum atomic E-state index is -0.0701. The number of nitrogens with zero attached hydrogens (tertiary/aromatic N) is 1. The predicted molar refractivity (Wildman–Crippen MR) is 83.8 cm³/mol. The van der Waals surface area contributed by atoms with Gasteiger partial charge in [0, 0.05) is 31.1 Å². The molecule has 2 N–H and O–H groups in total. The highest BCUT2D eigenvalue weighted by molar-refractivity contribution is 5.44. The molecule has 0 amide bonds. The molecule has 2 heterocycles. The zero-order chi connectivity index (χ0) is 15.0. The summed E-state index contributed by atoms with van der Waals surface area (Å²) in [6, 6.07) is 6.08. The second kappa shape index (κ2) is 5.50. The van der Waals surface area contributed by atoms with Gasteiger partial charge in [-0.2, -0.15) is 0 Å². The van der Waals surface area contributed by atoms with Gasteiger partial charge in [0.2, 0.25) is 0 Å². The number of hydrogen-bond acceptors (Lipinski definition) is 4. The lowest BCUT2D eigenvalue weighted by atomic mass is 9.81. The van der Waals surface area contributed by atoms with E-state index in [1.165, 1.54) is 0 Å². The van der Waals surface area contributed by atoms with E-state index in [-0.39, 0.29) is 17.7 Å². The lowest BCUT2D eigenvalue weighted by Crippen LogP contribution is -2.50. The maximum Gasteiger partial charge on any atom is 0.125 e. The summed E-state index contributed by atoms with van der Waals surface area (Å²) < 4.78 is 12.1. The minimum absolute atomic E-state index is 0.0351. The van der Waals surface area contributed by atoms with Gasteiger partial charge in [-0.15, -0.1) is 0 Å². The second-order valence-electron chi connectivity index (χ2n) is 6.77. The molecule has 0 aliphatic carbocycles. The standard InChI is InChI=1S/C17H26N2O2/c1-12(2)20-13-4-5-16-14(10-13)15(18)11-17(21-16)6-8-19(3)9-7-17/h4-5,10,12,15H,6-9,11,18H2,1-3H3. The molecule has 116 valence electrons. The Kier molecular flexibility index (Phi) is 3.84. The Labute approximate surface area is 127 Å². The molecule has 4 heteroatoms. The van der Waals surface area contributed by atoms with Crippen molar-refractivity contribution in [2.75, 3.05) is 20.1 Å². The van der Waals surface area contributed by atoms with Gasteiger partial charge in [-0.25, -0.2) is 0 Å². The minimum Gasteiger partial charge on any atom is -0.491 e. The van der Waals surface area contributed by atoms with Crippen LogP contribution < -0.4 is 15.2 Å². The Hall–Kier alpha value is -1.26. The van der Waals surface area contributed by atoms with E-state index >= 15 is 0 Å². The van der Waals surface area contributed by atoms with Crippen LogP contribution in [0.3, 0.4) is 0 Å². The molecule has 21 heavy (non-hydrogen) atoms. The third kappa shape index (κ3) is 3.01. The van der Waals surface area contributed by atoms with Crippen molar-refractivity contribution >= 4 is 0 Å². The first kappa shape index (κ1) is 14.7. The molecule has 1 saturated heterocycles. The summed E-state index contributed by atoms with van der Waals surface area (Å²) in [7, 11) is 2.17. The summed E-state index contributed by atoms with van der Waals surface area (Å²) in [5.41, 5.74) is 7.45. The van der Waals surface area contributed by atoms with E-state index in [4.69, 9.17) is 15.2 Å². The van der Waals surface area contributed by atoms with Crippen molar-refractivity contribution in [1.29, 1.82) is 0 Å². The van der Waals surface area contributed by atoms with E-state index in [1.807, 2.05) is 32.0 Å². The lowest BCUT2D eigenvalue weighted by Gasteiger charge is -2.45. The van der Waals surface area contributed by atoms with Crippen LogP contribution in [-0.4, -0.2) is 36.7 Å². The van der Waals surface area contributed by atoms with E-state index in [0.29, 0.717) is 0 Å². The molecule has 1 unspecified atom stereocenters. The second-order valence-corrected chi connectivity index (χ2v) is 6.77. The molecule has 1 fully saturated rings. The van der Waals surface area contributed by atoms with Crippen LogP contribution in [0.4, 0.5) is 0 Å². The summed E-state index contributed by atoms with van der Waals surface area (Å²) in [6.07, 6.45) is 3.19. The van der Waals surface area contributed by atoms with Crippen LogP contribution in [-0.2, 0) is 0 Å². The molecule has 4 nitrogen and oxygen atoms in total. The summed E-state index contributed by atoms with van der Waals surface area (Å²) >= 11 is 0. The van der Waals surface area contributed by atoms with Gasteiger partial charge in [0.25, 0.3) is 0 Å². The molecule has 0 aromatic heterocycles. The molecule has 0 bridgehead atoms. The van der Waals surface area contributed by atoms with E-state index in [1.54, 1.807) is 0 Å². The van der Waals surface area contributed by atoms with Gasteiger partial charge >= 0.3 is 0 Å². The van der Waals surface area contributed by atoms with E-state index < -0.39 is 0 Å². The fourth-order valence-electron chi connectivity index (χ4n) is 3.37. The van der Waals surface area contributed by atoms with Gasteiger partial charge in [-0.05, 0) is 51.9 Å². The van der Waals surface area contributed by atoms with Crippen molar-refractivity contribution in [1.82, 2.24) is 4.90 Å². The molecular formula is C17H26N2O2. The summed E-state index contributed by atoms with van der Waals surface area (Å²) in [5.74, 6) is 1.82. The SMILES string of the molecule is CC(C)Oc1ccc2c(c1)C(N)CC1(CCN(C)CC1)O2. The average molecular weight is 290 g/mol. The van der Waals surface area contributed by atoms with Crippen LogP contribution in [0.5, 0.6) is 11.5 Å². The average Bonchev–Trinajstić information content (AvgIpc) is 2.43. The third-order valence-electron chi connectivity index (χ3n) is 4.57. The molecule has 0 radical (unpaired) electrons. The number of piperidine rings is 1. The Morgan fingerprint density at radius 2 is 2.05 bits per heavy atom. The van der Waals surface area contributed by atoms with E-state index in [2.05, 4.69) is 11.9 Å². The number of ether oxygens (including phenoxy) is 2. The fourth-order valence-corrected chi connectivity index (χ4v) is 3.37. The van der Waals surface area contributed by atoms with Gasteiger partial charge < -0.3 is 20.1 Å². The van der Waals surface area contributed by atoms with E-state index in [0.717, 1.165) is 49.4 Å². The predicted octanol–water partition coefficient (Wildman–Crippen LogP) is 2.72. The number of nitrogens with two attached hydrogens (primary N) is 1. The van der Waals surface area contributed by atoms with Gasteiger partial charge in [-0.1, -0.05) is 0 Å². The van der Waals surface area contributed by atoms with Crippen molar-refractivity contribution in [3.05, 3.63) is 23.8 Å².